The van der Waals surface area contributed by atoms with E-state index in [0.717, 1.165) is 35.1 Å². The van der Waals surface area contributed by atoms with E-state index in [4.69, 9.17) is 10.2 Å². The van der Waals surface area contributed by atoms with Crippen molar-refractivity contribution in [2.75, 3.05) is 12.4 Å². The molecule has 2 aromatic carbocycles. The molecule has 8 N–H and O–H groups in total. The van der Waals surface area contributed by atoms with Gasteiger partial charge in [0.2, 0.25) is 11.3 Å². The molecule has 1 aromatic heterocycles. The summed E-state index contributed by atoms with van der Waals surface area (Å²) in [5.74, 6) is -5.49. The lowest BCUT2D eigenvalue weighted by molar-refractivity contribution is -0.151. The highest BCUT2D eigenvalue weighted by Gasteiger charge is 2.54. The predicted molar refractivity (Wildman–Crippen MR) is 149 cm³/mol. The number of carbonyl (C=O) groups excluding carboxylic acids is 4. The number of aliphatic carboxylic acids is 1. The van der Waals surface area contributed by atoms with E-state index in [-0.39, 0.29) is 33.6 Å². The van der Waals surface area contributed by atoms with E-state index >= 15 is 0 Å². The fourth-order valence-electron chi connectivity index (χ4n) is 4.68. The summed E-state index contributed by atoms with van der Waals surface area (Å²) in [5, 5.41) is 42.7. The van der Waals surface area contributed by atoms with Gasteiger partial charge in [-0.25, -0.2) is 9.59 Å². The van der Waals surface area contributed by atoms with Gasteiger partial charge in [0.15, 0.2) is 11.5 Å². The number of phenols is 3. The molecule has 0 aliphatic carbocycles. The highest BCUT2D eigenvalue weighted by atomic mass is 32.2. The number of nitrogens with zero attached hydrogens (tertiary/aromatic N) is 1. The molecule has 1 saturated heterocycles. The topological polar surface area (TPSA) is 259 Å². The van der Waals surface area contributed by atoms with Crippen LogP contribution in [0.15, 0.2) is 63.1 Å². The summed E-state index contributed by atoms with van der Waals surface area (Å²) in [4.78, 5) is 76.7. The second-order valence-corrected chi connectivity index (χ2v) is 10.7. The molecule has 0 bridgehead atoms. The van der Waals surface area contributed by atoms with E-state index in [1.807, 2.05) is 0 Å². The molecule has 0 spiro atoms. The average molecular weight is 627 g/mol. The number of nitrogens with one attached hydrogen (secondary N) is 2. The first-order chi connectivity index (χ1) is 20.9. The summed E-state index contributed by atoms with van der Waals surface area (Å²) < 4.78 is 9.96. The van der Waals surface area contributed by atoms with Crippen LogP contribution in [0.1, 0.15) is 22.0 Å². The normalized spacial score (nSPS) is 18.2. The smallest absolute Gasteiger partial charge is 0.404 e. The Morgan fingerprint density at radius 2 is 1.77 bits per heavy atom. The van der Waals surface area contributed by atoms with Gasteiger partial charge in [-0.1, -0.05) is 12.1 Å². The molecule has 4 amide bonds. The molecule has 16 nitrogen and oxygen atoms in total. The van der Waals surface area contributed by atoms with E-state index in [9.17, 15) is 49.2 Å². The second-order valence-electron chi connectivity index (χ2n) is 9.57. The summed E-state index contributed by atoms with van der Waals surface area (Å²) in [6.45, 7) is -0.448. The largest absolute Gasteiger partial charge is 0.508 e. The third-order valence-corrected chi connectivity index (χ3v) is 8.15. The van der Waals surface area contributed by atoms with Crippen LogP contribution >= 0.6 is 11.8 Å². The molecule has 228 valence electrons. The molecule has 0 radical (unpaired) electrons. The van der Waals surface area contributed by atoms with Crippen LogP contribution < -0.4 is 21.8 Å². The van der Waals surface area contributed by atoms with E-state index in [0.29, 0.717) is 0 Å². The van der Waals surface area contributed by atoms with Gasteiger partial charge in [0.05, 0.1) is 5.39 Å². The van der Waals surface area contributed by atoms with Crippen LogP contribution in [0.25, 0.3) is 11.0 Å². The van der Waals surface area contributed by atoms with E-state index in [1.165, 1.54) is 24.3 Å². The van der Waals surface area contributed by atoms with Crippen molar-refractivity contribution < 1.29 is 53.6 Å². The van der Waals surface area contributed by atoms with Crippen molar-refractivity contribution in [3.8, 4) is 17.2 Å². The number of carboxylic acid groups (broad SMARTS) is 1. The van der Waals surface area contributed by atoms with E-state index in [2.05, 4.69) is 15.4 Å². The number of benzene rings is 2. The monoisotopic (exact) mass is 626 g/mol. The number of β-lactam (4-membered cyclic amide) rings is 1. The number of ether oxygens (including phenoxy) is 1. The van der Waals surface area contributed by atoms with Crippen molar-refractivity contribution in [2.45, 2.75) is 17.5 Å². The number of thioether (sulfide) groups is 1. The summed E-state index contributed by atoms with van der Waals surface area (Å²) in [5.41, 5.74) is 3.29. The van der Waals surface area contributed by atoms with Gasteiger partial charge in [-0.15, -0.1) is 11.8 Å². The van der Waals surface area contributed by atoms with Crippen LogP contribution in [0, 0.1) is 0 Å². The molecule has 1 fully saturated rings. The van der Waals surface area contributed by atoms with Crippen LogP contribution in [0.3, 0.4) is 0 Å². The fraction of sp³-hybridized carbons (Fsp3) is 0.185. The molecule has 3 atom stereocenters. The standard InChI is InChI=1S/C27H22N4O12S/c28-27(41)43-7-11-9-44-25-19(24(38)31(25)20(11)26(39)40)30-23(37)18(10-1-3-12(32)4-2-10)29-22(36)14-8-42-17-6-16(34)15(33)5-13(17)21(14)35/h1-6,8,18-19,25,32-34H,7,9H2,(H2,28,41)(H,29,36)(H,30,37)(H,39,40)/t18?,19-,25+/m1/s1. The maximum absolute atomic E-state index is 13.5. The Morgan fingerprint density at radius 3 is 2.43 bits per heavy atom. The molecule has 44 heavy (non-hydrogen) atoms. The van der Waals surface area contributed by atoms with Crippen molar-refractivity contribution in [3.05, 3.63) is 75.3 Å². The lowest BCUT2D eigenvalue weighted by Crippen LogP contribution is -2.71. The molecule has 3 aromatic rings. The molecule has 0 saturated carbocycles. The number of hydrogen-bond acceptors (Lipinski definition) is 12. The number of carboxylic acids is 1. The van der Waals surface area contributed by atoms with Gasteiger partial charge in [0.1, 0.15) is 52.9 Å². The van der Waals surface area contributed by atoms with Crippen LogP contribution in [-0.2, 0) is 19.1 Å². The third kappa shape index (κ3) is 5.42. The zero-order valence-electron chi connectivity index (χ0n) is 22.2. The minimum atomic E-state index is -1.52. The van der Waals surface area contributed by atoms with E-state index in [1.54, 1.807) is 0 Å². The summed E-state index contributed by atoms with van der Waals surface area (Å²) >= 11 is 1.10. The minimum Gasteiger partial charge on any atom is -0.508 e. The van der Waals surface area contributed by atoms with Crippen LogP contribution in [0.5, 0.6) is 17.2 Å². The molecule has 2 aliphatic heterocycles. The number of carbonyl (C=O) groups is 5. The quantitative estimate of drug-likeness (QED) is 0.130. The van der Waals surface area contributed by atoms with Crippen molar-refractivity contribution in [1.29, 1.82) is 0 Å². The number of amides is 4. The zero-order valence-corrected chi connectivity index (χ0v) is 23.0. The summed E-state index contributed by atoms with van der Waals surface area (Å²) in [6.07, 6.45) is -0.316. The number of rotatable bonds is 8. The number of phenolic OH excluding ortho intramolecular Hbond substituents is 3. The maximum atomic E-state index is 13.5. The molecular weight excluding hydrogens is 604 g/mol. The number of fused-ring (bicyclic) bond motifs is 2. The van der Waals surface area contributed by atoms with Crippen LogP contribution in [0.2, 0.25) is 0 Å². The summed E-state index contributed by atoms with van der Waals surface area (Å²) in [7, 11) is 0. The molecule has 5 rings (SSSR count). The average Bonchev–Trinajstić information content (AvgIpc) is 2.98. The lowest BCUT2D eigenvalue weighted by Gasteiger charge is -2.49. The molecule has 3 heterocycles. The first-order valence-corrected chi connectivity index (χ1v) is 13.6. The predicted octanol–water partition coefficient (Wildman–Crippen LogP) is 0.215. The van der Waals surface area contributed by atoms with Gasteiger partial charge in [0.25, 0.3) is 11.8 Å². The maximum Gasteiger partial charge on any atom is 0.404 e. The van der Waals surface area contributed by atoms with Crippen molar-refractivity contribution >= 4 is 52.5 Å². The van der Waals surface area contributed by atoms with Crippen molar-refractivity contribution in [2.24, 2.45) is 5.73 Å². The highest BCUT2D eigenvalue weighted by Crippen LogP contribution is 2.40. The number of aromatic hydroxyl groups is 3. The lowest BCUT2D eigenvalue weighted by atomic mass is 10.0. The van der Waals surface area contributed by atoms with Gasteiger partial charge in [0, 0.05) is 17.4 Å². The zero-order chi connectivity index (χ0) is 31.9. The van der Waals surface area contributed by atoms with Gasteiger partial charge in [-0.2, -0.15) is 0 Å². The number of primary amides is 1. The number of hydrogen-bond donors (Lipinski definition) is 7. The van der Waals surface area contributed by atoms with Gasteiger partial charge < -0.3 is 45.9 Å². The highest BCUT2D eigenvalue weighted by molar-refractivity contribution is 8.00. The second kappa shape index (κ2) is 11.5. The summed E-state index contributed by atoms with van der Waals surface area (Å²) in [6, 6.07) is 4.31. The number of nitrogens with two attached hydrogens (primary N) is 1. The van der Waals surface area contributed by atoms with Gasteiger partial charge in [-0.05, 0) is 23.8 Å². The Balaban J connectivity index is 1.40. The first kappa shape index (κ1) is 29.8. The third-order valence-electron chi connectivity index (χ3n) is 6.81. The van der Waals surface area contributed by atoms with Gasteiger partial charge >= 0.3 is 12.1 Å². The molecule has 1 unspecified atom stereocenters. The van der Waals surface area contributed by atoms with Crippen molar-refractivity contribution in [3.63, 3.8) is 0 Å². The Hall–Kier alpha value is -5.71. The Kier molecular flexibility index (Phi) is 7.79. The minimum absolute atomic E-state index is 0.0406. The van der Waals surface area contributed by atoms with Crippen LogP contribution in [0.4, 0.5) is 4.79 Å². The van der Waals surface area contributed by atoms with Crippen molar-refractivity contribution in [1.82, 2.24) is 15.5 Å². The molecular formula is C27H22N4O12S. The fourth-order valence-corrected chi connectivity index (χ4v) is 6.00. The Morgan fingerprint density at radius 1 is 1.09 bits per heavy atom. The SMILES string of the molecule is NC(=O)OCC1=C(C(=O)O)N2C(=O)[C@@H](NC(=O)C(NC(=O)c3coc4cc(O)c(O)cc4c3=O)c3ccc(O)cc3)[C@@H]2SC1. The van der Waals surface area contributed by atoms with Gasteiger partial charge in [-0.3, -0.25) is 24.1 Å². The van der Waals surface area contributed by atoms with Crippen LogP contribution in [-0.4, -0.2) is 78.9 Å². The molecule has 2 aliphatic rings. The Bertz CT molecular complexity index is 1820. The van der Waals surface area contributed by atoms with E-state index < -0.39 is 82.0 Å². The Labute approximate surface area is 249 Å². The molecule has 17 heteroatoms. The first-order valence-electron chi connectivity index (χ1n) is 12.6.